The van der Waals surface area contributed by atoms with Gasteiger partial charge in [-0.05, 0) is 41.6 Å². The largest absolute Gasteiger partial charge is 0.440 e. The second-order valence-corrected chi connectivity index (χ2v) is 7.84. The molecule has 2 aromatic carbocycles. The van der Waals surface area contributed by atoms with Crippen LogP contribution in [0.4, 0.5) is 0 Å². The predicted octanol–water partition coefficient (Wildman–Crippen LogP) is 5.95. The van der Waals surface area contributed by atoms with Crippen molar-refractivity contribution in [3.8, 4) is 0 Å². The number of aromatic nitrogens is 2. The van der Waals surface area contributed by atoms with Crippen LogP contribution in [0.1, 0.15) is 50.8 Å². The number of H-pyrrole nitrogens is 1. The van der Waals surface area contributed by atoms with Crippen molar-refractivity contribution in [2.45, 2.75) is 45.4 Å². The Morgan fingerprint density at radius 2 is 1.88 bits per heavy atom. The second kappa shape index (κ2) is 5.76. The topological polar surface area (TPSA) is 41.8 Å². The van der Waals surface area contributed by atoms with Crippen LogP contribution in [0, 0.1) is 0 Å². The molecule has 0 aliphatic heterocycles. The Morgan fingerprint density at radius 3 is 2.64 bits per heavy atom. The van der Waals surface area contributed by atoms with E-state index < -0.39 is 0 Å². The van der Waals surface area contributed by atoms with E-state index in [2.05, 4.69) is 80.1 Å². The molecular formula is C22H24N2O. The molecule has 3 nitrogen and oxygen atoms in total. The molecule has 128 valence electrons. The van der Waals surface area contributed by atoms with Crippen molar-refractivity contribution in [3.05, 3.63) is 65.7 Å². The minimum atomic E-state index is 0.0112. The first-order valence-corrected chi connectivity index (χ1v) is 8.90. The fourth-order valence-electron chi connectivity index (χ4n) is 3.39. The highest BCUT2D eigenvalue weighted by Crippen LogP contribution is 2.31. The van der Waals surface area contributed by atoms with Crippen molar-refractivity contribution in [3.63, 3.8) is 0 Å². The molecule has 0 atom stereocenters. The summed E-state index contributed by atoms with van der Waals surface area (Å²) in [5.74, 6) is 1.11. The Hall–Kier alpha value is -2.55. The number of hydrogen-bond donors (Lipinski definition) is 1. The summed E-state index contributed by atoms with van der Waals surface area (Å²) in [4.78, 5) is 8.21. The van der Waals surface area contributed by atoms with Crippen molar-refractivity contribution in [1.29, 1.82) is 0 Å². The second-order valence-electron chi connectivity index (χ2n) is 7.84. The van der Waals surface area contributed by atoms with E-state index >= 15 is 0 Å². The van der Waals surface area contributed by atoms with Crippen LogP contribution in [0.2, 0.25) is 0 Å². The Kier molecular flexibility index (Phi) is 3.68. The highest BCUT2D eigenvalue weighted by Gasteiger charge is 2.24. The predicted molar refractivity (Wildman–Crippen MR) is 103 cm³/mol. The molecule has 25 heavy (non-hydrogen) atoms. The molecule has 0 amide bonds. The summed E-state index contributed by atoms with van der Waals surface area (Å²) in [6.07, 6.45) is 0.944. The Bertz CT molecular complexity index is 1000. The minimum absolute atomic E-state index is 0.0112. The number of aromatic amines is 1. The van der Waals surface area contributed by atoms with Gasteiger partial charge in [-0.15, -0.1) is 0 Å². The van der Waals surface area contributed by atoms with Crippen molar-refractivity contribution in [2.75, 3.05) is 0 Å². The zero-order valence-electron chi connectivity index (χ0n) is 15.3. The smallest absolute Gasteiger partial charge is 0.198 e. The number of rotatable bonds is 4. The molecule has 0 aliphatic rings. The van der Waals surface area contributed by atoms with Gasteiger partial charge < -0.3 is 9.40 Å². The molecule has 2 heterocycles. The number of benzene rings is 2. The number of hydrogen-bond acceptors (Lipinski definition) is 2. The highest BCUT2D eigenvalue weighted by molar-refractivity contribution is 5.80. The summed E-state index contributed by atoms with van der Waals surface area (Å²) in [7, 11) is 0. The summed E-state index contributed by atoms with van der Waals surface area (Å²) < 4.78 is 5.82. The van der Waals surface area contributed by atoms with Crippen LogP contribution in [0.25, 0.3) is 22.0 Å². The summed E-state index contributed by atoms with van der Waals surface area (Å²) in [6, 6.07) is 17.1. The maximum absolute atomic E-state index is 5.82. The van der Waals surface area contributed by atoms with Crippen molar-refractivity contribution >= 4 is 22.0 Å². The lowest BCUT2D eigenvalue weighted by molar-refractivity contribution is 0.501. The number of oxazole rings is 1. The van der Waals surface area contributed by atoms with Gasteiger partial charge in [0, 0.05) is 22.5 Å². The van der Waals surface area contributed by atoms with Gasteiger partial charge in [0.15, 0.2) is 11.5 Å². The first-order valence-electron chi connectivity index (χ1n) is 8.90. The van der Waals surface area contributed by atoms with E-state index in [0.29, 0.717) is 5.92 Å². The van der Waals surface area contributed by atoms with E-state index in [9.17, 15) is 0 Å². The molecule has 4 aromatic rings. The molecule has 0 saturated carbocycles. The van der Waals surface area contributed by atoms with E-state index in [1.54, 1.807) is 0 Å². The molecule has 0 fully saturated rings. The van der Waals surface area contributed by atoms with Crippen LogP contribution in [-0.4, -0.2) is 9.97 Å². The number of para-hydroxylation sites is 1. The minimum Gasteiger partial charge on any atom is -0.440 e. The molecule has 0 aliphatic carbocycles. The third-order valence-electron chi connectivity index (χ3n) is 4.87. The average Bonchev–Trinajstić information content (AvgIpc) is 3.18. The van der Waals surface area contributed by atoms with Gasteiger partial charge in [-0.25, -0.2) is 4.98 Å². The lowest BCUT2D eigenvalue weighted by Crippen LogP contribution is -2.20. The van der Waals surface area contributed by atoms with Gasteiger partial charge in [-0.2, -0.15) is 0 Å². The SMILES string of the molecule is CC(C)c1nc2cc(CC(C)(C)c3cc4ccccc4[nH]3)ccc2o1. The third-order valence-corrected chi connectivity index (χ3v) is 4.87. The van der Waals surface area contributed by atoms with Crippen molar-refractivity contribution < 1.29 is 4.42 Å². The van der Waals surface area contributed by atoms with Crippen molar-refractivity contribution in [1.82, 2.24) is 9.97 Å². The quantitative estimate of drug-likeness (QED) is 0.501. The van der Waals surface area contributed by atoms with Gasteiger partial charge in [-0.3, -0.25) is 0 Å². The molecule has 0 radical (unpaired) electrons. The number of fused-ring (bicyclic) bond motifs is 2. The van der Waals surface area contributed by atoms with Gasteiger partial charge >= 0.3 is 0 Å². The number of nitrogens with zero attached hydrogens (tertiary/aromatic N) is 1. The van der Waals surface area contributed by atoms with Crippen molar-refractivity contribution in [2.24, 2.45) is 0 Å². The molecule has 3 heteroatoms. The molecule has 0 unspecified atom stereocenters. The summed E-state index contributed by atoms with van der Waals surface area (Å²) in [5.41, 5.74) is 5.57. The third kappa shape index (κ3) is 2.95. The zero-order chi connectivity index (χ0) is 17.6. The van der Waals surface area contributed by atoms with E-state index in [1.165, 1.54) is 22.2 Å². The lowest BCUT2D eigenvalue weighted by atomic mass is 9.82. The highest BCUT2D eigenvalue weighted by atomic mass is 16.3. The lowest BCUT2D eigenvalue weighted by Gasteiger charge is -2.23. The van der Waals surface area contributed by atoms with Gasteiger partial charge in [0.05, 0.1) is 0 Å². The fourth-order valence-corrected chi connectivity index (χ4v) is 3.39. The zero-order valence-corrected chi connectivity index (χ0v) is 15.3. The maximum atomic E-state index is 5.82. The van der Waals surface area contributed by atoms with Crippen LogP contribution < -0.4 is 0 Å². The maximum Gasteiger partial charge on any atom is 0.198 e. The normalized spacial score (nSPS) is 12.5. The van der Waals surface area contributed by atoms with E-state index in [-0.39, 0.29) is 5.41 Å². The molecule has 4 rings (SSSR count). The van der Waals surface area contributed by atoms with Gasteiger partial charge in [0.2, 0.25) is 0 Å². The molecular weight excluding hydrogens is 308 g/mol. The molecule has 1 N–H and O–H groups in total. The Morgan fingerprint density at radius 1 is 1.08 bits per heavy atom. The van der Waals surface area contributed by atoms with E-state index in [4.69, 9.17) is 4.42 Å². The van der Waals surface area contributed by atoms with E-state index in [1.807, 2.05) is 6.07 Å². The van der Waals surface area contributed by atoms with Gasteiger partial charge in [0.1, 0.15) is 5.52 Å². The molecule has 2 aromatic heterocycles. The van der Waals surface area contributed by atoms with Crippen LogP contribution in [0.5, 0.6) is 0 Å². The number of nitrogens with one attached hydrogen (secondary N) is 1. The monoisotopic (exact) mass is 332 g/mol. The van der Waals surface area contributed by atoms with Crippen LogP contribution in [0.3, 0.4) is 0 Å². The first-order chi connectivity index (χ1) is 11.9. The standard InChI is InChI=1S/C22H24N2O/c1-14(2)21-24-18-11-15(9-10-19(18)25-21)13-22(3,4)20-12-16-7-5-6-8-17(16)23-20/h5-12,14,23H,13H2,1-4H3. The molecule has 0 spiro atoms. The van der Waals surface area contributed by atoms with Crippen LogP contribution >= 0.6 is 0 Å². The molecule has 0 saturated heterocycles. The first kappa shape index (κ1) is 15.9. The molecule has 0 bridgehead atoms. The van der Waals surface area contributed by atoms with Crippen LogP contribution in [-0.2, 0) is 11.8 Å². The summed E-state index contributed by atoms with van der Waals surface area (Å²) in [5, 5.41) is 1.26. The Labute approximate surface area is 148 Å². The van der Waals surface area contributed by atoms with E-state index in [0.717, 1.165) is 23.4 Å². The average molecular weight is 332 g/mol. The van der Waals surface area contributed by atoms with Gasteiger partial charge in [0.25, 0.3) is 0 Å². The fraction of sp³-hybridized carbons (Fsp3) is 0.318. The Balaban J connectivity index is 1.66. The van der Waals surface area contributed by atoms with Gasteiger partial charge in [-0.1, -0.05) is 52.0 Å². The summed E-state index contributed by atoms with van der Waals surface area (Å²) >= 11 is 0. The van der Waals surface area contributed by atoms with Crippen LogP contribution in [0.15, 0.2) is 52.9 Å². The summed E-state index contributed by atoms with van der Waals surface area (Å²) in [6.45, 7) is 8.77.